The van der Waals surface area contributed by atoms with Gasteiger partial charge in [-0.25, -0.2) is 15.5 Å². The molecule has 5 aromatic carbocycles. The van der Waals surface area contributed by atoms with Crippen LogP contribution in [0.25, 0.3) is 0 Å². The summed E-state index contributed by atoms with van der Waals surface area (Å²) in [5.74, 6) is -2.21. The van der Waals surface area contributed by atoms with Gasteiger partial charge in [-0.1, -0.05) is 188 Å². The number of aliphatic carboxylic acids is 2. The maximum absolute atomic E-state index is 12.8. The molecule has 35 heteroatoms. The van der Waals surface area contributed by atoms with Gasteiger partial charge in [-0.3, -0.25) is 48.1 Å². The number of hydrogen-bond acceptors (Lipinski definition) is 26. The van der Waals surface area contributed by atoms with E-state index < -0.39 is 107 Å². The number of likely N-dealkylation sites (tertiary alicyclic amines) is 1. The lowest BCUT2D eigenvalue weighted by Crippen LogP contribution is -2.72. The number of likely N-dealkylation sites (N-methyl/N-ethyl adjacent to an activating group) is 1. The number of esters is 2. The first-order chi connectivity index (χ1) is 53.9. The first kappa shape index (κ1) is 121. The Hall–Kier alpha value is -9.98. The molecule has 18 N–H and O–H groups in total. The summed E-state index contributed by atoms with van der Waals surface area (Å²) in [6.07, 6.45) is -3.29. The minimum atomic E-state index is -1.21. The largest absolute Gasteiger partial charge is 0.481 e. The number of carbonyl (C=O) groups is 10. The zero-order valence-electron chi connectivity index (χ0n) is 68.2. The van der Waals surface area contributed by atoms with E-state index in [9.17, 15) is 63.3 Å². The molecule has 5 aromatic rings. The number of hydrogen-bond donors (Lipinski definition) is 15. The number of aliphatic hydroxyl groups is 6. The number of β-lactam (4-membered cyclic amide) rings is 1. The van der Waals surface area contributed by atoms with Crippen LogP contribution in [0.5, 0.6) is 0 Å². The van der Waals surface area contributed by atoms with Crippen molar-refractivity contribution in [3.8, 4) is 0 Å². The summed E-state index contributed by atoms with van der Waals surface area (Å²) >= 11 is 4.97. The Morgan fingerprint density at radius 3 is 1.15 bits per heavy atom. The Morgan fingerprint density at radius 1 is 0.551 bits per heavy atom. The third kappa shape index (κ3) is 53.4. The molecule has 0 bridgehead atoms. The molecule has 2 aliphatic heterocycles. The molecule has 12 atom stereocenters. The van der Waals surface area contributed by atoms with Crippen LogP contribution in [0.1, 0.15) is 158 Å². The van der Waals surface area contributed by atoms with Crippen LogP contribution in [-0.4, -0.2) is 214 Å². The van der Waals surface area contributed by atoms with Crippen LogP contribution in [-0.2, 0) is 100 Å². The fourth-order valence-corrected chi connectivity index (χ4v) is 9.63. The van der Waals surface area contributed by atoms with Gasteiger partial charge >= 0.3 is 35.4 Å². The van der Waals surface area contributed by atoms with Crippen molar-refractivity contribution in [3.63, 3.8) is 0 Å². The number of ether oxygens (including phenoxy) is 4. The first-order valence-electron chi connectivity index (χ1n) is 36.4. The molecule has 2 aliphatic rings. The van der Waals surface area contributed by atoms with Crippen molar-refractivity contribution >= 4 is 85.8 Å². The molecule has 2 unspecified atom stereocenters. The monoisotopic (exact) mass is 1690 g/mol. The zero-order chi connectivity index (χ0) is 87.5. The van der Waals surface area contributed by atoms with E-state index in [1.54, 1.807) is 44.7 Å². The number of aliphatic hydroxyl groups excluding tert-OH is 6. The van der Waals surface area contributed by atoms with Crippen molar-refractivity contribution < 1.29 is 117 Å². The normalized spacial score (nSPS) is 15.2. The minimum Gasteiger partial charge on any atom is -0.481 e. The number of amides is 5. The fraction of sp³-hybridized carbons (Fsp3) is 0.506. The summed E-state index contributed by atoms with van der Waals surface area (Å²) < 4.78 is 20.1. The highest BCUT2D eigenvalue weighted by Crippen LogP contribution is 2.41. The summed E-state index contributed by atoms with van der Waals surface area (Å²) in [6, 6.07) is 45.2. The van der Waals surface area contributed by atoms with Gasteiger partial charge in [0.05, 0.1) is 74.3 Å². The molecule has 118 heavy (non-hydrogen) atoms. The molecule has 0 saturated carbocycles. The second kappa shape index (κ2) is 70.1. The van der Waals surface area contributed by atoms with E-state index in [0.29, 0.717) is 45.4 Å². The van der Waals surface area contributed by atoms with E-state index in [0.717, 1.165) is 34.9 Å². The molecule has 2 heterocycles. The molecule has 665 valence electrons. The Balaban J connectivity index is -0.000000244. The van der Waals surface area contributed by atoms with E-state index in [2.05, 4.69) is 42.7 Å². The third-order valence-corrected chi connectivity index (χ3v) is 16.0. The Morgan fingerprint density at radius 2 is 0.890 bits per heavy atom. The van der Waals surface area contributed by atoms with Gasteiger partial charge in [-0.15, -0.1) is 5.16 Å². The molecule has 33 nitrogen and oxygen atoms in total. The Kier molecular flexibility index (Phi) is 72.0. The number of carbonyl (C=O) groups excluding carboxylic acids is 8. The number of carboxylic acid groups (broad SMARTS) is 2. The smallest absolute Gasteiger partial charge is 0.411 e. The van der Waals surface area contributed by atoms with Crippen molar-refractivity contribution in [1.82, 2.24) is 26.2 Å². The number of oxime groups is 1. The number of nitrogens with one attached hydrogen (secondary N) is 4. The molecule has 3 radical (unpaired) electrons. The lowest BCUT2D eigenvalue weighted by Gasteiger charge is -2.46. The van der Waals surface area contributed by atoms with Gasteiger partial charge in [0.15, 0.2) is 0 Å². The summed E-state index contributed by atoms with van der Waals surface area (Å²) in [7, 11) is 5.48. The second-order valence-corrected chi connectivity index (χ2v) is 26.1. The van der Waals surface area contributed by atoms with Crippen molar-refractivity contribution in [1.29, 1.82) is 0 Å². The van der Waals surface area contributed by atoms with Crippen molar-refractivity contribution in [2.24, 2.45) is 40.3 Å². The average Bonchev–Trinajstić information content (AvgIpc) is 1.56. The number of nitrogens with zero attached hydrogens (tertiary/aromatic N) is 2. The molecule has 5 amide bonds. The quantitative estimate of drug-likeness (QED) is 0.00434. The standard InChI is InChI=1S/C18H31N3O5.C14H19NO4.C13H16O5.C8H7ClO2.C8H9NO.C7H9NO.C5H12N2O2.C4H9NO3.C2H6.CH4O.3CH4.B/c1-11(22)13(14(23)19-5)7-6-12-8-9-18(10-20-15(18)24)21(12)16(25)26-17(2,3)4;1-10(16)12(14(18)15-2)8-13(17)19-9-11-6-4-3-5-7-11;1-9(14)11(13(16)17)7-12(15)18-8-10-5-3-2-4-6-10;9-8(10)11-6-7-4-2-1-3-5-7;1-9-10-7-8-5-3-2-4-6-8;8-9-6-7-4-2-1-3-5-7;1-3(8)4(6)5(9)7-2;1-2(6)3(5)4(7)8;2*1-2;;;;/h11-13,22H,6-10H2,1-5H3,(H,19,23)(H,20,24);3-7,10,12,16H,8-9H2,1-2H3,(H,15,18);2-6,9,11,14H,7-8H2,1H3,(H,16,17);1-5H,6H2;2-6H,1,7H2;1-5H,6,8H2;3-4,8H,6H2,1-2H3,(H,7,9);2-3,6H,5H2,1H3,(H,7,8);1-2H3;2H,1H3;3*1H4;/t11-,12?,13+,18?;10-,12+;9-,11+;;;;3-,4+;2-,3+;;;;;;/m111...11....../s1. The van der Waals surface area contributed by atoms with Crippen LogP contribution < -0.4 is 38.6 Å². The number of benzene rings is 5. The van der Waals surface area contributed by atoms with Crippen molar-refractivity contribution in [2.75, 3.05) is 34.8 Å². The van der Waals surface area contributed by atoms with Crippen LogP contribution in [0.4, 0.5) is 9.59 Å². The second-order valence-electron chi connectivity index (χ2n) is 25.8. The highest BCUT2D eigenvalue weighted by molar-refractivity contribution is 6.61. The molecule has 0 aliphatic carbocycles. The van der Waals surface area contributed by atoms with E-state index >= 15 is 0 Å². The topological polar surface area (TPSA) is 530 Å². The fourth-order valence-electron chi connectivity index (χ4n) is 9.58. The highest BCUT2D eigenvalue weighted by Gasteiger charge is 2.59. The summed E-state index contributed by atoms with van der Waals surface area (Å²) in [5.41, 5.74) is 12.7. The van der Waals surface area contributed by atoms with Crippen molar-refractivity contribution in [2.45, 2.75) is 223 Å². The highest BCUT2D eigenvalue weighted by atomic mass is 35.5. The van der Waals surface area contributed by atoms with Crippen LogP contribution in [0.15, 0.2) is 157 Å². The first-order valence-corrected chi connectivity index (χ1v) is 36.7. The molecule has 2 fully saturated rings. The lowest BCUT2D eigenvalue weighted by molar-refractivity contribution is -0.155. The van der Waals surface area contributed by atoms with Gasteiger partial charge in [-0.05, 0) is 109 Å². The number of carboxylic acids is 2. The van der Waals surface area contributed by atoms with E-state index in [4.69, 9.17) is 73.5 Å². The minimum absolute atomic E-state index is 0. The average molecular weight is 1690 g/mol. The van der Waals surface area contributed by atoms with E-state index in [1.807, 2.05) is 153 Å². The van der Waals surface area contributed by atoms with Crippen LogP contribution in [0.2, 0.25) is 0 Å². The van der Waals surface area contributed by atoms with Gasteiger partial charge in [0.2, 0.25) is 23.6 Å². The predicted octanol–water partition coefficient (Wildman–Crippen LogP) is 7.68. The van der Waals surface area contributed by atoms with Crippen LogP contribution >= 0.6 is 11.6 Å². The predicted molar refractivity (Wildman–Crippen MR) is 454 cm³/mol. The van der Waals surface area contributed by atoms with Crippen molar-refractivity contribution in [3.05, 3.63) is 179 Å². The maximum atomic E-state index is 12.8. The van der Waals surface area contributed by atoms with Gasteiger partial charge < -0.3 is 97.4 Å². The van der Waals surface area contributed by atoms with Gasteiger partial charge in [-0.2, -0.15) is 0 Å². The van der Waals surface area contributed by atoms with Gasteiger partial charge in [0.1, 0.15) is 49.7 Å². The van der Waals surface area contributed by atoms with Crippen LogP contribution in [0, 0.1) is 17.8 Å². The Bertz CT molecular complexity index is 3490. The number of halogens is 1. The summed E-state index contributed by atoms with van der Waals surface area (Å²) in [6.45, 7) is 21.7. The van der Waals surface area contributed by atoms with E-state index in [1.165, 1.54) is 48.8 Å². The summed E-state index contributed by atoms with van der Waals surface area (Å²) in [5, 5.41) is 83.0. The number of rotatable bonds is 28. The third-order valence-electron chi connectivity index (χ3n) is 15.9. The molecule has 2 saturated heterocycles. The SMILES string of the molecule is C.C.C.C=NOCc1ccccc1.CC.CNC(=O)[C@@H](CC(=O)OCc1ccccc1)[C@@H](C)O.CNC(=O)[C@@H](CCC1CCC2(CNC2=O)N1C(=O)OC(C)(C)C)[C@@H](C)O.CNC(=O)[C@@H](N)[C@@H](C)O.CO.C[C@@H](O)[C@H](CC(=O)OCc1ccccc1)C(=O)O.C[C@@H](O)[C@H](N)C(=O)O.NOCc1ccccc1.O=C(Cl)OCc1ccccc1.[B]. The van der Waals surface area contributed by atoms with Gasteiger partial charge in [0, 0.05) is 61.0 Å². The molecular formula is C83H134BClN9O24. The maximum Gasteiger partial charge on any atom is 0.411 e. The molecular weight excluding hydrogens is 1550 g/mol. The molecule has 1 spiro atoms. The van der Waals surface area contributed by atoms with E-state index in [-0.39, 0.29) is 93.0 Å². The van der Waals surface area contributed by atoms with Crippen LogP contribution in [0.3, 0.4) is 0 Å². The Labute approximate surface area is 703 Å². The number of nitrogens with two attached hydrogens (primary N) is 3. The molecule has 7 rings (SSSR count). The van der Waals surface area contributed by atoms with Gasteiger partial charge in [0.25, 0.3) is 0 Å². The lowest BCUT2D eigenvalue weighted by atomic mass is 9.88. The summed E-state index contributed by atoms with van der Waals surface area (Å²) in [4.78, 5) is 124. The molecule has 0 aromatic heterocycles. The zero-order valence-corrected chi connectivity index (χ0v) is 68.9.